The number of primary amides is 1. The molecule has 4 heteroatoms. The summed E-state index contributed by atoms with van der Waals surface area (Å²) in [7, 11) is 0. The van der Waals surface area contributed by atoms with E-state index in [0.717, 1.165) is 5.56 Å². The maximum Gasteiger partial charge on any atom is 0.250 e. The van der Waals surface area contributed by atoms with E-state index in [4.69, 9.17) is 17.3 Å². The topological polar surface area (TPSA) is 55.5 Å². The number of carbonyl (C=O) groups is 1. The zero-order chi connectivity index (χ0) is 13.0. The third kappa shape index (κ3) is 2.96. The molecule has 0 unspecified atom stereocenters. The first kappa shape index (κ1) is 12.3. The number of hydrogen-bond donors (Lipinski definition) is 1. The highest BCUT2D eigenvalue weighted by Crippen LogP contribution is 2.18. The maximum absolute atomic E-state index is 11.2. The number of hydrogen-bond acceptors (Lipinski definition) is 2. The van der Waals surface area contributed by atoms with Crippen LogP contribution in [0.25, 0.3) is 0 Å². The lowest BCUT2D eigenvalue weighted by Crippen LogP contribution is -2.10. The summed E-state index contributed by atoms with van der Waals surface area (Å²) in [6.07, 6.45) is 1.66. The molecule has 0 saturated carbocycles. The van der Waals surface area contributed by atoms with E-state index in [0.29, 0.717) is 16.3 Å². The zero-order valence-corrected chi connectivity index (χ0v) is 10.3. The van der Waals surface area contributed by atoms with E-state index in [9.17, 15) is 4.79 Å². The van der Waals surface area contributed by atoms with Gasteiger partial charge in [-0.15, -0.1) is 0 Å². The number of benzene rings is 2. The van der Waals surface area contributed by atoms with Gasteiger partial charge in [0.15, 0.2) is 0 Å². The summed E-state index contributed by atoms with van der Waals surface area (Å²) in [6, 6.07) is 14.2. The molecular weight excluding hydrogens is 248 g/mol. The van der Waals surface area contributed by atoms with Crippen LogP contribution in [-0.4, -0.2) is 12.1 Å². The van der Waals surface area contributed by atoms with E-state index in [1.165, 1.54) is 0 Å². The Kier molecular flexibility index (Phi) is 3.75. The van der Waals surface area contributed by atoms with Crippen molar-refractivity contribution in [3.63, 3.8) is 0 Å². The van der Waals surface area contributed by atoms with Gasteiger partial charge in [0.2, 0.25) is 0 Å². The maximum atomic E-state index is 11.2. The van der Waals surface area contributed by atoms with Gasteiger partial charge in [0.25, 0.3) is 5.91 Å². The monoisotopic (exact) mass is 258 g/mol. The van der Waals surface area contributed by atoms with Crippen molar-refractivity contribution in [2.45, 2.75) is 0 Å². The minimum absolute atomic E-state index is 0.405. The lowest BCUT2D eigenvalue weighted by molar-refractivity contribution is 0.100. The molecule has 3 nitrogen and oxygen atoms in total. The summed E-state index contributed by atoms with van der Waals surface area (Å²) < 4.78 is 0. The SMILES string of the molecule is NC(=O)c1ccccc1N=Cc1ccc(Cl)cc1. The molecule has 2 aromatic carbocycles. The third-order valence-corrected chi connectivity index (χ3v) is 2.64. The molecule has 2 N–H and O–H groups in total. The lowest BCUT2D eigenvalue weighted by Gasteiger charge is -2.00. The van der Waals surface area contributed by atoms with Crippen LogP contribution in [0.4, 0.5) is 5.69 Å². The standard InChI is InChI=1S/C14H11ClN2O/c15-11-7-5-10(6-8-11)9-17-13-4-2-1-3-12(13)14(16)18/h1-9H,(H2,16,18). The van der Waals surface area contributed by atoms with Gasteiger partial charge in [-0.05, 0) is 29.8 Å². The predicted molar refractivity (Wildman–Crippen MR) is 73.7 cm³/mol. The number of para-hydroxylation sites is 1. The second kappa shape index (κ2) is 5.47. The molecule has 0 aliphatic heterocycles. The first-order valence-electron chi connectivity index (χ1n) is 5.35. The average Bonchev–Trinajstić information content (AvgIpc) is 2.38. The highest BCUT2D eigenvalue weighted by Gasteiger charge is 2.04. The van der Waals surface area contributed by atoms with Crippen molar-refractivity contribution in [2.75, 3.05) is 0 Å². The van der Waals surface area contributed by atoms with Gasteiger partial charge in [0, 0.05) is 11.2 Å². The van der Waals surface area contributed by atoms with Crippen molar-refractivity contribution >= 4 is 29.4 Å². The fraction of sp³-hybridized carbons (Fsp3) is 0. The Morgan fingerprint density at radius 3 is 2.44 bits per heavy atom. The second-order valence-electron chi connectivity index (χ2n) is 3.69. The number of amides is 1. The van der Waals surface area contributed by atoms with Gasteiger partial charge in [-0.1, -0.05) is 35.9 Å². The zero-order valence-electron chi connectivity index (χ0n) is 9.51. The molecular formula is C14H11ClN2O. The number of rotatable bonds is 3. The predicted octanol–water partition coefficient (Wildman–Crippen LogP) is 3.19. The number of carbonyl (C=O) groups excluding carboxylic acids is 1. The van der Waals surface area contributed by atoms with Crippen LogP contribution >= 0.6 is 11.6 Å². The third-order valence-electron chi connectivity index (χ3n) is 2.39. The quantitative estimate of drug-likeness (QED) is 0.845. The van der Waals surface area contributed by atoms with E-state index in [1.54, 1.807) is 42.6 Å². The fourth-order valence-electron chi connectivity index (χ4n) is 1.49. The number of nitrogens with two attached hydrogens (primary N) is 1. The minimum Gasteiger partial charge on any atom is -0.366 e. The molecule has 90 valence electrons. The van der Waals surface area contributed by atoms with E-state index >= 15 is 0 Å². The summed E-state index contributed by atoms with van der Waals surface area (Å²) in [5.41, 5.74) is 7.14. The van der Waals surface area contributed by atoms with Crippen molar-refractivity contribution in [3.8, 4) is 0 Å². The van der Waals surface area contributed by atoms with Gasteiger partial charge in [-0.3, -0.25) is 9.79 Å². The van der Waals surface area contributed by atoms with Crippen LogP contribution in [0.5, 0.6) is 0 Å². The molecule has 0 aliphatic rings. The Balaban J connectivity index is 2.29. The summed E-state index contributed by atoms with van der Waals surface area (Å²) in [6.45, 7) is 0. The average molecular weight is 259 g/mol. The number of halogens is 1. The first-order valence-corrected chi connectivity index (χ1v) is 5.73. The van der Waals surface area contributed by atoms with Crippen LogP contribution in [0.3, 0.4) is 0 Å². The summed E-state index contributed by atoms with van der Waals surface area (Å²) >= 11 is 5.79. The molecule has 18 heavy (non-hydrogen) atoms. The number of nitrogens with zero attached hydrogens (tertiary/aromatic N) is 1. The van der Waals surface area contributed by atoms with E-state index in [2.05, 4.69) is 4.99 Å². The Bertz CT molecular complexity index is 591. The normalized spacial score (nSPS) is 10.7. The fourth-order valence-corrected chi connectivity index (χ4v) is 1.61. The molecule has 0 radical (unpaired) electrons. The highest BCUT2D eigenvalue weighted by molar-refractivity contribution is 6.30. The van der Waals surface area contributed by atoms with Crippen LogP contribution < -0.4 is 5.73 Å². The largest absolute Gasteiger partial charge is 0.366 e. The molecule has 0 aromatic heterocycles. The summed E-state index contributed by atoms with van der Waals surface area (Å²) in [5.74, 6) is -0.487. The molecule has 0 heterocycles. The molecule has 2 rings (SSSR count). The molecule has 0 aliphatic carbocycles. The summed E-state index contributed by atoms with van der Waals surface area (Å²) in [4.78, 5) is 15.5. The van der Waals surface area contributed by atoms with Crippen molar-refractivity contribution in [3.05, 3.63) is 64.7 Å². The molecule has 0 spiro atoms. The minimum atomic E-state index is -0.487. The van der Waals surface area contributed by atoms with Crippen LogP contribution in [0, 0.1) is 0 Å². The Hall–Kier alpha value is -2.13. The highest BCUT2D eigenvalue weighted by atomic mass is 35.5. The smallest absolute Gasteiger partial charge is 0.250 e. The van der Waals surface area contributed by atoms with Crippen LogP contribution in [-0.2, 0) is 0 Å². The second-order valence-corrected chi connectivity index (χ2v) is 4.13. The van der Waals surface area contributed by atoms with Crippen molar-refractivity contribution in [2.24, 2.45) is 10.7 Å². The Morgan fingerprint density at radius 1 is 1.11 bits per heavy atom. The van der Waals surface area contributed by atoms with Crippen molar-refractivity contribution in [1.29, 1.82) is 0 Å². The molecule has 1 amide bonds. The van der Waals surface area contributed by atoms with E-state index in [1.807, 2.05) is 12.1 Å². The van der Waals surface area contributed by atoms with Crippen molar-refractivity contribution < 1.29 is 4.79 Å². The van der Waals surface area contributed by atoms with Crippen molar-refractivity contribution in [1.82, 2.24) is 0 Å². The van der Waals surface area contributed by atoms with E-state index < -0.39 is 5.91 Å². The van der Waals surface area contributed by atoms with Gasteiger partial charge < -0.3 is 5.73 Å². The van der Waals surface area contributed by atoms with Gasteiger partial charge in [-0.2, -0.15) is 0 Å². The first-order chi connectivity index (χ1) is 8.66. The van der Waals surface area contributed by atoms with E-state index in [-0.39, 0.29) is 0 Å². The molecule has 2 aromatic rings. The molecule has 0 saturated heterocycles. The Morgan fingerprint density at radius 2 is 1.78 bits per heavy atom. The molecule has 0 fully saturated rings. The van der Waals surface area contributed by atoms with Gasteiger partial charge >= 0.3 is 0 Å². The van der Waals surface area contributed by atoms with Crippen LogP contribution in [0.2, 0.25) is 5.02 Å². The van der Waals surface area contributed by atoms with Gasteiger partial charge in [0.1, 0.15) is 0 Å². The number of aliphatic imine (C=N–C) groups is 1. The van der Waals surface area contributed by atoms with Crippen LogP contribution in [0.1, 0.15) is 15.9 Å². The Labute approximate surface area is 110 Å². The lowest BCUT2D eigenvalue weighted by atomic mass is 10.1. The molecule has 0 bridgehead atoms. The van der Waals surface area contributed by atoms with Gasteiger partial charge in [-0.25, -0.2) is 0 Å². The summed E-state index contributed by atoms with van der Waals surface area (Å²) in [5, 5.41) is 0.671. The van der Waals surface area contributed by atoms with Crippen LogP contribution in [0.15, 0.2) is 53.5 Å². The molecule has 0 atom stereocenters. The van der Waals surface area contributed by atoms with Gasteiger partial charge in [0.05, 0.1) is 11.3 Å².